The number of carbonyl (C=O) groups is 1. The van der Waals surface area contributed by atoms with Gasteiger partial charge in [-0.3, -0.25) is 4.79 Å². The van der Waals surface area contributed by atoms with Crippen LogP contribution in [0, 0.1) is 0 Å². The van der Waals surface area contributed by atoms with E-state index in [2.05, 4.69) is 10.3 Å². The molecule has 0 saturated carbocycles. The molecule has 0 bridgehead atoms. The summed E-state index contributed by atoms with van der Waals surface area (Å²) in [4.78, 5) is 16.2. The van der Waals surface area contributed by atoms with Gasteiger partial charge in [0.1, 0.15) is 10.7 Å². The second-order valence-electron chi connectivity index (χ2n) is 4.43. The molecule has 0 radical (unpaired) electrons. The molecule has 1 heterocycles. The predicted molar refractivity (Wildman–Crippen MR) is 92.6 cm³/mol. The average Bonchev–Trinajstić information content (AvgIpc) is 3.03. The Kier molecular flexibility index (Phi) is 7.80. The van der Waals surface area contributed by atoms with E-state index >= 15 is 0 Å². The minimum absolute atomic E-state index is 0. The molecule has 1 aromatic heterocycles. The van der Waals surface area contributed by atoms with Gasteiger partial charge in [-0.05, 0) is 24.6 Å². The minimum Gasteiger partial charge on any atom is -0.493 e. The van der Waals surface area contributed by atoms with Gasteiger partial charge in [-0.1, -0.05) is 6.07 Å². The van der Waals surface area contributed by atoms with Gasteiger partial charge in [0.2, 0.25) is 0 Å². The fourth-order valence-corrected chi connectivity index (χ4v) is 2.53. The maximum absolute atomic E-state index is 12.0. The standard InChI is InChI=1S/C15H19N3O3S.ClH/c1-3-21-12-5-4-10(6-13(12)20-2)8-17-15(19)11-9-22-14(7-16)18-11;/h4-6,9H,3,7-8,16H2,1-2H3,(H,17,19);1H. The molecule has 6 nitrogen and oxygen atoms in total. The van der Waals surface area contributed by atoms with E-state index in [1.165, 1.54) is 11.3 Å². The van der Waals surface area contributed by atoms with Gasteiger partial charge >= 0.3 is 0 Å². The molecule has 126 valence electrons. The number of benzene rings is 1. The summed E-state index contributed by atoms with van der Waals surface area (Å²) in [5.41, 5.74) is 6.80. The number of methoxy groups -OCH3 is 1. The molecule has 0 aliphatic heterocycles. The Labute approximate surface area is 145 Å². The van der Waals surface area contributed by atoms with E-state index in [4.69, 9.17) is 15.2 Å². The van der Waals surface area contributed by atoms with Crippen molar-refractivity contribution >= 4 is 29.7 Å². The number of aromatic nitrogens is 1. The van der Waals surface area contributed by atoms with Crippen LogP contribution in [0.5, 0.6) is 11.5 Å². The third kappa shape index (κ3) is 5.09. The molecule has 8 heteroatoms. The van der Waals surface area contributed by atoms with Crippen LogP contribution >= 0.6 is 23.7 Å². The third-order valence-corrected chi connectivity index (χ3v) is 3.81. The van der Waals surface area contributed by atoms with Crippen molar-refractivity contribution in [2.24, 2.45) is 5.73 Å². The zero-order chi connectivity index (χ0) is 15.9. The van der Waals surface area contributed by atoms with Crippen LogP contribution in [0.4, 0.5) is 0 Å². The van der Waals surface area contributed by atoms with E-state index in [1.807, 2.05) is 25.1 Å². The number of hydrogen-bond donors (Lipinski definition) is 2. The van der Waals surface area contributed by atoms with Crippen LogP contribution in [-0.4, -0.2) is 24.6 Å². The topological polar surface area (TPSA) is 86.5 Å². The van der Waals surface area contributed by atoms with E-state index in [0.29, 0.717) is 36.9 Å². The number of carbonyl (C=O) groups excluding carboxylic acids is 1. The molecule has 0 saturated heterocycles. The van der Waals surface area contributed by atoms with Crippen LogP contribution < -0.4 is 20.5 Å². The highest BCUT2D eigenvalue weighted by atomic mass is 35.5. The van der Waals surface area contributed by atoms with Gasteiger partial charge in [0, 0.05) is 18.5 Å². The highest BCUT2D eigenvalue weighted by molar-refractivity contribution is 7.09. The summed E-state index contributed by atoms with van der Waals surface area (Å²) >= 11 is 1.38. The quantitative estimate of drug-likeness (QED) is 0.794. The second-order valence-corrected chi connectivity index (χ2v) is 5.37. The average molecular weight is 358 g/mol. The zero-order valence-corrected chi connectivity index (χ0v) is 14.6. The molecule has 2 rings (SSSR count). The Morgan fingerprint density at radius 2 is 2.17 bits per heavy atom. The fourth-order valence-electron chi connectivity index (χ4n) is 1.88. The van der Waals surface area contributed by atoms with E-state index in [9.17, 15) is 4.79 Å². The van der Waals surface area contributed by atoms with Crippen molar-refractivity contribution in [2.75, 3.05) is 13.7 Å². The van der Waals surface area contributed by atoms with Crippen molar-refractivity contribution < 1.29 is 14.3 Å². The maximum atomic E-state index is 12.0. The van der Waals surface area contributed by atoms with Gasteiger partial charge in [0.05, 0.1) is 13.7 Å². The first-order valence-electron chi connectivity index (χ1n) is 6.90. The smallest absolute Gasteiger partial charge is 0.271 e. The van der Waals surface area contributed by atoms with Crippen LogP contribution in [0.2, 0.25) is 0 Å². The number of halogens is 1. The van der Waals surface area contributed by atoms with Crippen LogP contribution in [-0.2, 0) is 13.1 Å². The highest BCUT2D eigenvalue weighted by Gasteiger charge is 2.11. The Balaban J connectivity index is 0.00000264. The lowest BCUT2D eigenvalue weighted by atomic mass is 10.2. The normalized spacial score (nSPS) is 9.87. The van der Waals surface area contributed by atoms with Crippen molar-refractivity contribution in [2.45, 2.75) is 20.0 Å². The van der Waals surface area contributed by atoms with Crippen molar-refractivity contribution in [3.8, 4) is 11.5 Å². The predicted octanol–water partition coefficient (Wildman–Crippen LogP) is 2.36. The summed E-state index contributed by atoms with van der Waals surface area (Å²) < 4.78 is 10.7. The first kappa shape index (κ1) is 19.2. The molecule has 0 atom stereocenters. The maximum Gasteiger partial charge on any atom is 0.271 e. The molecule has 23 heavy (non-hydrogen) atoms. The van der Waals surface area contributed by atoms with Crippen LogP contribution in [0.3, 0.4) is 0 Å². The van der Waals surface area contributed by atoms with Crippen molar-refractivity contribution in [1.29, 1.82) is 0 Å². The fraction of sp³-hybridized carbons (Fsp3) is 0.333. The van der Waals surface area contributed by atoms with Gasteiger partial charge in [-0.2, -0.15) is 0 Å². The SMILES string of the molecule is CCOc1ccc(CNC(=O)c2csc(CN)n2)cc1OC.Cl. The number of hydrogen-bond acceptors (Lipinski definition) is 6. The number of amides is 1. The van der Waals surface area contributed by atoms with Crippen molar-refractivity contribution in [3.63, 3.8) is 0 Å². The molecule has 0 unspecified atom stereocenters. The lowest BCUT2D eigenvalue weighted by molar-refractivity contribution is 0.0946. The van der Waals surface area contributed by atoms with Gasteiger partial charge in [-0.25, -0.2) is 4.98 Å². The Morgan fingerprint density at radius 3 is 2.78 bits per heavy atom. The highest BCUT2D eigenvalue weighted by Crippen LogP contribution is 2.28. The minimum atomic E-state index is -0.219. The Bertz CT molecular complexity index is 649. The molecule has 0 aliphatic rings. The summed E-state index contributed by atoms with van der Waals surface area (Å²) in [7, 11) is 1.59. The first-order chi connectivity index (χ1) is 10.7. The van der Waals surface area contributed by atoms with E-state index in [0.717, 1.165) is 10.6 Å². The summed E-state index contributed by atoms with van der Waals surface area (Å²) in [6.45, 7) is 3.21. The van der Waals surface area contributed by atoms with Gasteiger partial charge in [0.15, 0.2) is 11.5 Å². The number of nitrogens with two attached hydrogens (primary N) is 1. The number of nitrogens with one attached hydrogen (secondary N) is 1. The van der Waals surface area contributed by atoms with E-state index < -0.39 is 0 Å². The second kappa shape index (κ2) is 9.34. The van der Waals surface area contributed by atoms with Crippen molar-refractivity contribution in [3.05, 3.63) is 39.8 Å². The third-order valence-electron chi connectivity index (χ3n) is 2.94. The molecular weight excluding hydrogens is 338 g/mol. The number of nitrogens with zero attached hydrogens (tertiary/aromatic N) is 1. The van der Waals surface area contributed by atoms with Crippen LogP contribution in [0.25, 0.3) is 0 Å². The molecule has 0 aliphatic carbocycles. The van der Waals surface area contributed by atoms with Gasteiger partial charge in [0.25, 0.3) is 5.91 Å². The van der Waals surface area contributed by atoms with Crippen LogP contribution in [0.1, 0.15) is 28.0 Å². The molecule has 2 aromatic rings. The largest absolute Gasteiger partial charge is 0.493 e. The lowest BCUT2D eigenvalue weighted by Crippen LogP contribution is -2.23. The zero-order valence-electron chi connectivity index (χ0n) is 13.0. The molecule has 0 fully saturated rings. The summed E-state index contributed by atoms with van der Waals surface area (Å²) in [6.07, 6.45) is 0. The summed E-state index contributed by atoms with van der Waals surface area (Å²) in [5, 5.41) is 5.27. The Hall–Kier alpha value is -1.83. The molecule has 1 aromatic carbocycles. The molecule has 0 spiro atoms. The first-order valence-corrected chi connectivity index (χ1v) is 7.78. The van der Waals surface area contributed by atoms with E-state index in [1.54, 1.807) is 12.5 Å². The molecule has 3 N–H and O–H groups in total. The molecular formula is C15H20ClN3O3S. The monoisotopic (exact) mass is 357 g/mol. The lowest BCUT2D eigenvalue weighted by Gasteiger charge is -2.11. The van der Waals surface area contributed by atoms with E-state index in [-0.39, 0.29) is 18.3 Å². The van der Waals surface area contributed by atoms with Crippen LogP contribution in [0.15, 0.2) is 23.6 Å². The van der Waals surface area contributed by atoms with Crippen molar-refractivity contribution in [1.82, 2.24) is 10.3 Å². The number of thiazole rings is 1. The number of rotatable bonds is 7. The number of ether oxygens (including phenoxy) is 2. The Morgan fingerprint density at radius 1 is 1.39 bits per heavy atom. The summed E-state index contributed by atoms with van der Waals surface area (Å²) in [6, 6.07) is 5.57. The van der Waals surface area contributed by atoms with Gasteiger partial charge in [-0.15, -0.1) is 23.7 Å². The summed E-state index contributed by atoms with van der Waals surface area (Å²) in [5.74, 6) is 1.11. The van der Waals surface area contributed by atoms with Gasteiger partial charge < -0.3 is 20.5 Å². The molecule has 1 amide bonds.